The van der Waals surface area contributed by atoms with Crippen molar-refractivity contribution in [3.63, 3.8) is 0 Å². The van der Waals surface area contributed by atoms with E-state index in [-0.39, 0.29) is 12.2 Å². The molecule has 4 rings (SSSR count). The second-order valence-electron chi connectivity index (χ2n) is 14.9. The monoisotopic (exact) mass is 812 g/mol. The van der Waals surface area contributed by atoms with E-state index in [4.69, 9.17) is 9.47 Å². The summed E-state index contributed by atoms with van der Waals surface area (Å²) in [5, 5.41) is 0. The quantitative estimate of drug-likeness (QED) is 0.0683. The summed E-state index contributed by atoms with van der Waals surface area (Å²) in [4.78, 5) is 0. The lowest BCUT2D eigenvalue weighted by atomic mass is 9.98. The van der Waals surface area contributed by atoms with E-state index < -0.39 is 20.8 Å². The summed E-state index contributed by atoms with van der Waals surface area (Å²) < 4.78 is 76.8. The molecule has 12 nitrogen and oxygen atoms in total. The Labute approximate surface area is 334 Å². The van der Waals surface area contributed by atoms with Crippen molar-refractivity contribution in [3.05, 3.63) is 132 Å². The zero-order valence-electron chi connectivity index (χ0n) is 33.6. The van der Waals surface area contributed by atoms with Gasteiger partial charge in [0.1, 0.15) is 24.6 Å². The minimum Gasteiger partial charge on any atom is -0.726 e. The van der Waals surface area contributed by atoms with Crippen LogP contribution in [-0.2, 0) is 42.0 Å². The van der Waals surface area contributed by atoms with E-state index in [2.05, 4.69) is 112 Å². The zero-order chi connectivity index (χ0) is 42.2. The fourth-order valence-corrected chi connectivity index (χ4v) is 5.57. The number of para-hydroxylation sites is 2. The van der Waals surface area contributed by atoms with Gasteiger partial charge in [0.15, 0.2) is 12.2 Å². The van der Waals surface area contributed by atoms with Crippen LogP contribution in [0, 0.1) is 0 Å². The largest absolute Gasteiger partial charge is 0.726 e. The molecule has 0 N–H and O–H groups in total. The van der Waals surface area contributed by atoms with Crippen LogP contribution in [0.2, 0.25) is 0 Å². The van der Waals surface area contributed by atoms with Crippen molar-refractivity contribution in [3.8, 4) is 22.6 Å². The second-order valence-corrected chi connectivity index (χ2v) is 17.2. The number of rotatable bonds is 17. The molecule has 14 heteroatoms. The van der Waals surface area contributed by atoms with Crippen molar-refractivity contribution in [1.29, 1.82) is 0 Å². The third-order valence-electron chi connectivity index (χ3n) is 7.94. The zero-order valence-corrected chi connectivity index (χ0v) is 35.2. The number of ether oxygens (including phenoxy) is 2. The molecule has 0 fully saturated rings. The summed E-state index contributed by atoms with van der Waals surface area (Å²) in [5.74, 6) is 1.77. The molecule has 0 saturated carbocycles. The van der Waals surface area contributed by atoms with Gasteiger partial charge in [-0.05, 0) is 34.4 Å². The minimum absolute atomic E-state index is 0.0431. The van der Waals surface area contributed by atoms with E-state index in [1.807, 2.05) is 60.7 Å². The van der Waals surface area contributed by atoms with Gasteiger partial charge in [0.05, 0.1) is 56.5 Å². The standard InChI is InChI=1S/C40H50N2O2.2CH4O4S/c1-9-33-15-11-13-17-39(33)43-37(29-41(3,4)5)27-31-19-23-35(24-20-31)36-25-21-32(22-26-36)28-38(30-42(6,7)8)44-40-18-14-12-16-34(40)10-2;2*1-5-6(2,3)4/h9-26,37-38H,1-2,27-30H2,3-8H3;2*1H3,(H,2,3,4)/q+2;;/p-2. The van der Waals surface area contributed by atoms with Crippen molar-refractivity contribution in [2.24, 2.45) is 0 Å². The SMILES string of the molecule is C=Cc1ccccc1OC(Cc1ccc(-c2ccc(CC(C[N+](C)(C)C)Oc3ccccc3C=C)cc2)cc1)C[N+](C)(C)C.COS(=O)(=O)[O-].COS(=O)(=O)[O-]. The van der Waals surface area contributed by atoms with Gasteiger partial charge >= 0.3 is 0 Å². The fraction of sp³-hybridized carbons (Fsp3) is 0.333. The molecular weight excluding hydrogens is 757 g/mol. The highest BCUT2D eigenvalue weighted by Gasteiger charge is 2.23. The number of nitrogens with zero attached hydrogens (tertiary/aromatic N) is 2. The van der Waals surface area contributed by atoms with Gasteiger partial charge in [-0.1, -0.05) is 110 Å². The van der Waals surface area contributed by atoms with E-state index in [9.17, 15) is 25.9 Å². The maximum atomic E-state index is 9.22. The Morgan fingerprint density at radius 3 is 1.09 bits per heavy atom. The number of hydrogen-bond donors (Lipinski definition) is 0. The lowest BCUT2D eigenvalue weighted by Gasteiger charge is -2.30. The maximum Gasteiger partial charge on any atom is 0.217 e. The molecule has 0 aromatic heterocycles. The van der Waals surface area contributed by atoms with Crippen molar-refractivity contribution in [1.82, 2.24) is 0 Å². The molecule has 2 atom stereocenters. The van der Waals surface area contributed by atoms with Crippen LogP contribution in [-0.4, -0.2) is 117 Å². The van der Waals surface area contributed by atoms with Crippen LogP contribution in [0.25, 0.3) is 23.3 Å². The smallest absolute Gasteiger partial charge is 0.217 e. The predicted octanol–water partition coefficient (Wildman–Crippen LogP) is 6.22. The maximum absolute atomic E-state index is 9.22. The van der Waals surface area contributed by atoms with E-state index in [1.165, 1.54) is 22.3 Å². The average Bonchev–Trinajstić information content (AvgIpc) is 3.11. The van der Waals surface area contributed by atoms with Gasteiger partial charge in [-0.2, -0.15) is 0 Å². The number of quaternary nitrogens is 2. The van der Waals surface area contributed by atoms with Crippen LogP contribution in [0.3, 0.4) is 0 Å². The van der Waals surface area contributed by atoms with Crippen LogP contribution < -0.4 is 9.47 Å². The molecular formula is C42H56N2O10S2. The number of likely N-dealkylation sites (N-methyl/N-ethyl adjacent to an activating group) is 2. The lowest BCUT2D eigenvalue weighted by Crippen LogP contribution is -2.44. The highest BCUT2D eigenvalue weighted by atomic mass is 32.3. The molecule has 0 radical (unpaired) electrons. The molecule has 0 amide bonds. The van der Waals surface area contributed by atoms with Gasteiger partial charge in [-0.3, -0.25) is 8.37 Å². The summed E-state index contributed by atoms with van der Waals surface area (Å²) in [5.41, 5.74) is 6.99. The number of hydrogen-bond acceptors (Lipinski definition) is 10. The van der Waals surface area contributed by atoms with Crippen LogP contribution >= 0.6 is 0 Å². The Hall–Kier alpha value is -4.38. The predicted molar refractivity (Wildman–Crippen MR) is 220 cm³/mol. The second kappa shape index (κ2) is 21.8. The number of benzene rings is 4. The Morgan fingerprint density at radius 1 is 0.554 bits per heavy atom. The molecule has 4 aromatic carbocycles. The Balaban J connectivity index is 0.000000782. The first-order valence-electron chi connectivity index (χ1n) is 17.6. The summed E-state index contributed by atoms with van der Waals surface area (Å²) >= 11 is 0. The first-order chi connectivity index (χ1) is 26.0. The third-order valence-corrected chi connectivity index (χ3v) is 8.76. The van der Waals surface area contributed by atoms with Crippen molar-refractivity contribution >= 4 is 33.0 Å². The molecule has 56 heavy (non-hydrogen) atoms. The van der Waals surface area contributed by atoms with E-state index >= 15 is 0 Å². The fourth-order valence-electron chi connectivity index (χ4n) is 5.57. The topological polar surface area (TPSA) is 151 Å². The molecule has 0 bridgehead atoms. The first kappa shape index (κ1) is 47.8. The first-order valence-corrected chi connectivity index (χ1v) is 20.3. The van der Waals surface area contributed by atoms with Crippen molar-refractivity contribution < 1.29 is 52.7 Å². The van der Waals surface area contributed by atoms with Gasteiger partial charge in [-0.15, -0.1) is 0 Å². The third kappa shape index (κ3) is 19.5. The highest BCUT2D eigenvalue weighted by Crippen LogP contribution is 2.26. The molecule has 0 heterocycles. The molecule has 306 valence electrons. The lowest BCUT2D eigenvalue weighted by molar-refractivity contribution is -0.873. The summed E-state index contributed by atoms with van der Waals surface area (Å²) in [6, 6.07) is 34.0. The summed E-state index contributed by atoms with van der Waals surface area (Å²) in [6.07, 6.45) is 5.48. The Kier molecular flexibility index (Phi) is 18.6. The minimum atomic E-state index is -4.41. The van der Waals surface area contributed by atoms with Gasteiger partial charge in [0.2, 0.25) is 20.8 Å². The van der Waals surface area contributed by atoms with E-state index in [1.54, 1.807) is 0 Å². The molecule has 4 aromatic rings. The molecule has 0 aliphatic heterocycles. The van der Waals surface area contributed by atoms with Crippen molar-refractivity contribution in [2.45, 2.75) is 25.0 Å². The van der Waals surface area contributed by atoms with Crippen LogP contribution in [0.15, 0.2) is 110 Å². The van der Waals surface area contributed by atoms with Crippen LogP contribution in [0.4, 0.5) is 0 Å². The highest BCUT2D eigenvalue weighted by molar-refractivity contribution is 7.81. The Morgan fingerprint density at radius 2 is 0.839 bits per heavy atom. The molecule has 0 saturated heterocycles. The van der Waals surface area contributed by atoms with Gasteiger partial charge in [0.25, 0.3) is 0 Å². The van der Waals surface area contributed by atoms with Crippen LogP contribution in [0.1, 0.15) is 22.3 Å². The molecule has 2 unspecified atom stereocenters. The van der Waals surface area contributed by atoms with E-state index in [0.717, 1.165) is 71.7 Å². The van der Waals surface area contributed by atoms with Crippen molar-refractivity contribution in [2.75, 3.05) is 69.6 Å². The van der Waals surface area contributed by atoms with Crippen LogP contribution in [0.5, 0.6) is 11.5 Å². The van der Waals surface area contributed by atoms with E-state index in [0.29, 0.717) is 0 Å². The average molecular weight is 813 g/mol. The molecule has 0 aliphatic rings. The van der Waals surface area contributed by atoms with Gasteiger partial charge in [0, 0.05) is 24.0 Å². The van der Waals surface area contributed by atoms with Gasteiger partial charge < -0.3 is 27.5 Å². The molecule has 0 spiro atoms. The summed E-state index contributed by atoms with van der Waals surface area (Å²) in [7, 11) is 6.04. The molecule has 0 aliphatic carbocycles. The normalized spacial score (nSPS) is 12.8. The van der Waals surface area contributed by atoms with Gasteiger partial charge in [-0.25, -0.2) is 16.8 Å². The Bertz CT molecular complexity index is 1890. The summed E-state index contributed by atoms with van der Waals surface area (Å²) in [6.45, 7) is 9.71.